The molecule has 1 aliphatic carbocycles. The smallest absolute Gasteiger partial charge is 0.405 e. The van der Waals surface area contributed by atoms with Gasteiger partial charge in [0.1, 0.15) is 6.04 Å². The molecule has 1 aliphatic rings. The Bertz CT molecular complexity index is 257. The standard InChI is InChI=1S/C5H6F2N2O4/c6-5(7)1-2(8-4(10)11)3(5)9(12)13/h2-3,8H,1H2,(H,10,11). The Morgan fingerprint density at radius 2 is 2.23 bits per heavy atom. The fourth-order valence-corrected chi connectivity index (χ4v) is 1.25. The molecule has 0 saturated heterocycles. The maximum absolute atomic E-state index is 12.5. The van der Waals surface area contributed by atoms with Gasteiger partial charge in [0.05, 0.1) is 0 Å². The summed E-state index contributed by atoms with van der Waals surface area (Å²) in [6.07, 6.45) is -2.35. The van der Waals surface area contributed by atoms with Gasteiger partial charge >= 0.3 is 12.0 Å². The minimum absolute atomic E-state index is 0.815. The highest BCUT2D eigenvalue weighted by Crippen LogP contribution is 2.39. The first-order chi connectivity index (χ1) is 5.84. The summed E-state index contributed by atoms with van der Waals surface area (Å²) in [5.74, 6) is -3.41. The third-order valence-corrected chi connectivity index (χ3v) is 1.84. The van der Waals surface area contributed by atoms with Crippen molar-refractivity contribution < 1.29 is 23.6 Å². The second-order valence-corrected chi connectivity index (χ2v) is 2.75. The van der Waals surface area contributed by atoms with Gasteiger partial charge in [-0.2, -0.15) is 8.78 Å². The normalized spacial score (nSPS) is 30.3. The summed E-state index contributed by atoms with van der Waals surface area (Å²) in [6.45, 7) is 0. The zero-order chi connectivity index (χ0) is 10.2. The number of hydrogen-bond acceptors (Lipinski definition) is 3. The van der Waals surface area contributed by atoms with E-state index in [0.717, 1.165) is 0 Å². The number of carboxylic acid groups (broad SMARTS) is 1. The molecule has 74 valence electrons. The van der Waals surface area contributed by atoms with Crippen LogP contribution in [0.25, 0.3) is 0 Å². The molecule has 0 aliphatic heterocycles. The largest absolute Gasteiger partial charge is 0.465 e. The van der Waals surface area contributed by atoms with Crippen LogP contribution in [0.5, 0.6) is 0 Å². The summed E-state index contributed by atoms with van der Waals surface area (Å²) in [5, 5.41) is 19.9. The number of nitrogens with zero attached hydrogens (tertiary/aromatic N) is 1. The van der Waals surface area contributed by atoms with E-state index in [9.17, 15) is 23.7 Å². The number of hydrogen-bond donors (Lipinski definition) is 2. The second-order valence-electron chi connectivity index (χ2n) is 2.75. The van der Waals surface area contributed by atoms with Crippen LogP contribution in [-0.2, 0) is 0 Å². The highest BCUT2D eigenvalue weighted by Gasteiger charge is 2.65. The quantitative estimate of drug-likeness (QED) is 0.490. The summed E-state index contributed by atoms with van der Waals surface area (Å²) < 4.78 is 25.0. The number of nitrogens with one attached hydrogen (secondary N) is 1. The van der Waals surface area contributed by atoms with Gasteiger partial charge < -0.3 is 10.4 Å². The molecule has 0 radical (unpaired) electrons. The minimum Gasteiger partial charge on any atom is -0.465 e. The van der Waals surface area contributed by atoms with Gasteiger partial charge in [0, 0.05) is 11.3 Å². The summed E-state index contributed by atoms with van der Waals surface area (Å²) in [6, 6.07) is -3.42. The van der Waals surface area contributed by atoms with E-state index >= 15 is 0 Å². The predicted molar refractivity (Wildman–Crippen MR) is 35.3 cm³/mol. The van der Waals surface area contributed by atoms with Crippen LogP contribution in [0.4, 0.5) is 13.6 Å². The molecule has 0 heterocycles. The van der Waals surface area contributed by atoms with Crippen molar-refractivity contribution in [1.29, 1.82) is 0 Å². The van der Waals surface area contributed by atoms with Gasteiger partial charge in [0.2, 0.25) is 0 Å². The van der Waals surface area contributed by atoms with Crippen LogP contribution in [0, 0.1) is 10.1 Å². The van der Waals surface area contributed by atoms with Crippen molar-refractivity contribution in [2.75, 3.05) is 0 Å². The van der Waals surface area contributed by atoms with Crippen LogP contribution < -0.4 is 5.32 Å². The molecular weight excluding hydrogens is 190 g/mol. The Morgan fingerprint density at radius 3 is 2.54 bits per heavy atom. The summed E-state index contributed by atoms with van der Waals surface area (Å²) in [5.41, 5.74) is 0. The second kappa shape index (κ2) is 2.79. The zero-order valence-corrected chi connectivity index (χ0v) is 6.24. The zero-order valence-electron chi connectivity index (χ0n) is 6.24. The van der Waals surface area contributed by atoms with Crippen molar-refractivity contribution in [3.8, 4) is 0 Å². The van der Waals surface area contributed by atoms with Gasteiger partial charge in [0.15, 0.2) is 0 Å². The molecule has 2 atom stereocenters. The lowest BCUT2D eigenvalue weighted by molar-refractivity contribution is -0.575. The molecule has 6 nitrogen and oxygen atoms in total. The molecule has 1 amide bonds. The Labute approximate surface area is 70.7 Å². The highest BCUT2D eigenvalue weighted by molar-refractivity contribution is 5.65. The number of halogens is 2. The number of carbonyl (C=O) groups is 1. The van der Waals surface area contributed by atoms with Crippen molar-refractivity contribution in [2.45, 2.75) is 24.4 Å². The van der Waals surface area contributed by atoms with E-state index in [2.05, 4.69) is 0 Å². The lowest BCUT2D eigenvalue weighted by Crippen LogP contribution is -2.66. The van der Waals surface area contributed by atoms with E-state index in [-0.39, 0.29) is 0 Å². The Hall–Kier alpha value is -1.47. The van der Waals surface area contributed by atoms with E-state index in [1.54, 1.807) is 5.32 Å². The third kappa shape index (κ3) is 1.65. The average Bonchev–Trinajstić information content (AvgIpc) is 1.80. The van der Waals surface area contributed by atoms with Crippen molar-refractivity contribution in [1.82, 2.24) is 5.32 Å². The summed E-state index contributed by atoms with van der Waals surface area (Å²) >= 11 is 0. The molecule has 0 aromatic rings. The van der Waals surface area contributed by atoms with Gasteiger partial charge in [-0.05, 0) is 0 Å². The summed E-state index contributed by atoms with van der Waals surface area (Å²) in [4.78, 5) is 18.9. The third-order valence-electron chi connectivity index (χ3n) is 1.84. The SMILES string of the molecule is O=C(O)NC1CC(F)(F)C1[N+](=O)[O-]. The first kappa shape index (κ1) is 9.62. The van der Waals surface area contributed by atoms with Crippen molar-refractivity contribution >= 4 is 6.09 Å². The monoisotopic (exact) mass is 196 g/mol. The van der Waals surface area contributed by atoms with Gasteiger partial charge in [-0.1, -0.05) is 0 Å². The molecule has 1 fully saturated rings. The van der Waals surface area contributed by atoms with E-state index in [1.807, 2.05) is 0 Å². The van der Waals surface area contributed by atoms with Crippen LogP contribution in [0.2, 0.25) is 0 Å². The Balaban J connectivity index is 2.63. The number of rotatable bonds is 2. The molecule has 0 aromatic heterocycles. The van der Waals surface area contributed by atoms with Crippen molar-refractivity contribution in [3.05, 3.63) is 10.1 Å². The molecule has 2 N–H and O–H groups in total. The summed E-state index contributed by atoms with van der Waals surface area (Å²) in [7, 11) is 0. The fourth-order valence-electron chi connectivity index (χ4n) is 1.25. The minimum atomic E-state index is -3.41. The predicted octanol–water partition coefficient (Wildman–Crippen LogP) is 0.307. The molecule has 0 spiro atoms. The Morgan fingerprint density at radius 1 is 1.69 bits per heavy atom. The molecule has 2 unspecified atom stereocenters. The van der Waals surface area contributed by atoms with Crippen LogP contribution in [0.1, 0.15) is 6.42 Å². The van der Waals surface area contributed by atoms with Gasteiger partial charge in [0.25, 0.3) is 6.04 Å². The number of nitro groups is 1. The highest BCUT2D eigenvalue weighted by atomic mass is 19.3. The van der Waals surface area contributed by atoms with Crippen LogP contribution >= 0.6 is 0 Å². The van der Waals surface area contributed by atoms with Gasteiger partial charge in [-0.25, -0.2) is 4.79 Å². The van der Waals surface area contributed by atoms with E-state index in [0.29, 0.717) is 0 Å². The van der Waals surface area contributed by atoms with Crippen LogP contribution in [0.3, 0.4) is 0 Å². The number of alkyl halides is 2. The van der Waals surface area contributed by atoms with Gasteiger partial charge in [-0.3, -0.25) is 10.1 Å². The lowest BCUT2D eigenvalue weighted by Gasteiger charge is -2.36. The Kier molecular flexibility index (Phi) is 2.06. The number of amides is 1. The maximum Gasteiger partial charge on any atom is 0.405 e. The van der Waals surface area contributed by atoms with E-state index in [4.69, 9.17) is 5.11 Å². The molecule has 1 rings (SSSR count). The van der Waals surface area contributed by atoms with Crippen molar-refractivity contribution in [3.63, 3.8) is 0 Å². The van der Waals surface area contributed by atoms with E-state index < -0.39 is 35.4 Å². The molecule has 1 saturated carbocycles. The van der Waals surface area contributed by atoms with Crippen molar-refractivity contribution in [2.24, 2.45) is 0 Å². The molecule has 13 heavy (non-hydrogen) atoms. The molecule has 0 aromatic carbocycles. The van der Waals surface area contributed by atoms with Gasteiger partial charge in [-0.15, -0.1) is 0 Å². The molecule has 0 bridgehead atoms. The topological polar surface area (TPSA) is 92.5 Å². The maximum atomic E-state index is 12.5. The average molecular weight is 196 g/mol. The van der Waals surface area contributed by atoms with Crippen LogP contribution in [-0.4, -0.2) is 34.1 Å². The lowest BCUT2D eigenvalue weighted by atomic mass is 9.82. The molecular formula is C5H6F2N2O4. The van der Waals surface area contributed by atoms with Crippen LogP contribution in [0.15, 0.2) is 0 Å². The van der Waals surface area contributed by atoms with E-state index in [1.165, 1.54) is 0 Å². The first-order valence-electron chi connectivity index (χ1n) is 3.35. The fraction of sp³-hybridized carbons (Fsp3) is 0.800. The molecule has 8 heteroatoms. The first-order valence-corrected chi connectivity index (χ1v) is 3.35.